The maximum atomic E-state index is 12.3. The van der Waals surface area contributed by atoms with Crippen molar-refractivity contribution in [3.05, 3.63) is 76.5 Å². The van der Waals surface area contributed by atoms with Gasteiger partial charge in [-0.05, 0) is 18.2 Å². The Morgan fingerprint density at radius 2 is 1.65 bits per heavy atom. The van der Waals surface area contributed by atoms with Gasteiger partial charge < -0.3 is 5.32 Å². The summed E-state index contributed by atoms with van der Waals surface area (Å²) in [6.07, 6.45) is 1.32. The molecule has 1 aliphatic carbocycles. The van der Waals surface area contributed by atoms with Gasteiger partial charge in [0, 0.05) is 27.9 Å². The summed E-state index contributed by atoms with van der Waals surface area (Å²) in [4.78, 5) is 24.3. The highest BCUT2D eigenvalue weighted by Crippen LogP contribution is 2.23. The van der Waals surface area contributed by atoms with Gasteiger partial charge in [0.05, 0.1) is 5.70 Å². The highest BCUT2D eigenvalue weighted by atomic mass is 35.5. The zero-order chi connectivity index (χ0) is 14.1. The molecule has 98 valence electrons. The maximum Gasteiger partial charge on any atom is 0.210 e. The molecule has 4 heteroatoms. The molecule has 0 amide bonds. The minimum Gasteiger partial charge on any atom is -0.352 e. The third kappa shape index (κ3) is 2.24. The Morgan fingerprint density at radius 3 is 2.40 bits per heavy atom. The molecule has 0 aliphatic heterocycles. The second-order valence-corrected chi connectivity index (χ2v) is 4.87. The molecule has 0 heterocycles. The van der Waals surface area contributed by atoms with E-state index < -0.39 is 0 Å². The summed E-state index contributed by atoms with van der Waals surface area (Å²) in [6, 6.07) is 13.8. The Labute approximate surface area is 120 Å². The van der Waals surface area contributed by atoms with Crippen LogP contribution >= 0.6 is 11.6 Å². The number of fused-ring (bicyclic) bond motifs is 1. The molecule has 20 heavy (non-hydrogen) atoms. The van der Waals surface area contributed by atoms with Crippen molar-refractivity contribution in [1.82, 2.24) is 0 Å². The van der Waals surface area contributed by atoms with E-state index in [1.807, 2.05) is 0 Å². The average molecular weight is 284 g/mol. The molecule has 0 aromatic heterocycles. The molecule has 3 rings (SSSR count). The monoisotopic (exact) mass is 283 g/mol. The van der Waals surface area contributed by atoms with Crippen LogP contribution in [0.4, 0.5) is 5.69 Å². The van der Waals surface area contributed by atoms with Gasteiger partial charge in [-0.25, -0.2) is 0 Å². The molecule has 1 N–H and O–H groups in total. The molecule has 0 spiro atoms. The first-order valence-corrected chi connectivity index (χ1v) is 6.45. The van der Waals surface area contributed by atoms with E-state index in [-0.39, 0.29) is 17.3 Å². The van der Waals surface area contributed by atoms with E-state index in [1.165, 1.54) is 6.08 Å². The fourth-order valence-corrected chi connectivity index (χ4v) is 2.32. The smallest absolute Gasteiger partial charge is 0.210 e. The number of hydrogen-bond donors (Lipinski definition) is 1. The predicted octanol–water partition coefficient (Wildman–Crippen LogP) is 3.72. The predicted molar refractivity (Wildman–Crippen MR) is 78.3 cm³/mol. The molecule has 0 saturated carbocycles. The maximum absolute atomic E-state index is 12.3. The van der Waals surface area contributed by atoms with E-state index >= 15 is 0 Å². The first kappa shape index (κ1) is 12.6. The Kier molecular flexibility index (Phi) is 3.12. The van der Waals surface area contributed by atoms with Crippen LogP contribution in [0.15, 0.2) is 60.3 Å². The first-order valence-electron chi connectivity index (χ1n) is 6.07. The Morgan fingerprint density at radius 1 is 0.900 bits per heavy atom. The number of hydrogen-bond acceptors (Lipinski definition) is 3. The van der Waals surface area contributed by atoms with Crippen molar-refractivity contribution in [2.24, 2.45) is 0 Å². The van der Waals surface area contributed by atoms with Gasteiger partial charge in [0.2, 0.25) is 5.78 Å². The van der Waals surface area contributed by atoms with Crippen molar-refractivity contribution >= 4 is 28.9 Å². The van der Waals surface area contributed by atoms with Gasteiger partial charge in [0.25, 0.3) is 0 Å². The van der Waals surface area contributed by atoms with E-state index in [2.05, 4.69) is 5.32 Å². The number of carbonyl (C=O) groups excluding carboxylic acids is 2. The van der Waals surface area contributed by atoms with Crippen LogP contribution in [0.2, 0.25) is 5.02 Å². The van der Waals surface area contributed by atoms with Crippen LogP contribution in [-0.4, -0.2) is 11.6 Å². The van der Waals surface area contributed by atoms with Crippen LogP contribution < -0.4 is 5.32 Å². The Balaban J connectivity index is 1.96. The molecule has 2 aromatic carbocycles. The van der Waals surface area contributed by atoms with E-state index in [0.29, 0.717) is 21.8 Å². The SMILES string of the molecule is O=C1C=C(Nc2cccc(Cl)c2)C(=O)c2ccccc21. The lowest BCUT2D eigenvalue weighted by Gasteiger charge is -2.16. The summed E-state index contributed by atoms with van der Waals surface area (Å²) in [5.41, 5.74) is 1.79. The number of anilines is 1. The standard InChI is InChI=1S/C16H10ClNO2/c17-10-4-3-5-11(8-10)18-14-9-15(19)12-6-1-2-7-13(12)16(14)20/h1-9,18H. The van der Waals surface area contributed by atoms with Gasteiger partial charge in [-0.15, -0.1) is 0 Å². The number of halogens is 1. The van der Waals surface area contributed by atoms with E-state index in [0.717, 1.165) is 0 Å². The highest BCUT2D eigenvalue weighted by Gasteiger charge is 2.24. The van der Waals surface area contributed by atoms with Crippen LogP contribution in [0.25, 0.3) is 0 Å². The molecule has 0 fully saturated rings. The summed E-state index contributed by atoms with van der Waals surface area (Å²) < 4.78 is 0. The second-order valence-electron chi connectivity index (χ2n) is 4.43. The number of carbonyl (C=O) groups is 2. The van der Waals surface area contributed by atoms with Gasteiger partial charge in [-0.1, -0.05) is 41.9 Å². The van der Waals surface area contributed by atoms with E-state index in [9.17, 15) is 9.59 Å². The van der Waals surface area contributed by atoms with Crippen LogP contribution in [0.3, 0.4) is 0 Å². The number of ketones is 2. The largest absolute Gasteiger partial charge is 0.352 e. The van der Waals surface area contributed by atoms with Crippen molar-refractivity contribution in [1.29, 1.82) is 0 Å². The molecule has 3 nitrogen and oxygen atoms in total. The molecule has 0 atom stereocenters. The molecule has 1 aliphatic rings. The van der Waals surface area contributed by atoms with Crippen molar-refractivity contribution in [3.8, 4) is 0 Å². The van der Waals surface area contributed by atoms with Crippen LogP contribution in [0, 0.1) is 0 Å². The molecule has 0 unspecified atom stereocenters. The fraction of sp³-hybridized carbons (Fsp3) is 0. The number of nitrogens with one attached hydrogen (secondary N) is 1. The summed E-state index contributed by atoms with van der Waals surface area (Å²) in [7, 11) is 0. The van der Waals surface area contributed by atoms with Crippen molar-refractivity contribution in [2.45, 2.75) is 0 Å². The molecular formula is C16H10ClNO2. The zero-order valence-corrected chi connectivity index (χ0v) is 11.1. The van der Waals surface area contributed by atoms with Crippen LogP contribution in [0.1, 0.15) is 20.7 Å². The molecular weight excluding hydrogens is 274 g/mol. The topological polar surface area (TPSA) is 46.2 Å². The normalized spacial score (nSPS) is 13.8. The van der Waals surface area contributed by atoms with Gasteiger partial charge in [0.15, 0.2) is 5.78 Å². The van der Waals surface area contributed by atoms with Crippen molar-refractivity contribution in [2.75, 3.05) is 5.32 Å². The van der Waals surface area contributed by atoms with Gasteiger partial charge >= 0.3 is 0 Å². The van der Waals surface area contributed by atoms with Crippen LogP contribution in [-0.2, 0) is 0 Å². The first-order chi connectivity index (χ1) is 9.65. The highest BCUT2D eigenvalue weighted by molar-refractivity contribution is 6.31. The molecule has 0 radical (unpaired) electrons. The molecule has 0 saturated heterocycles. The van der Waals surface area contributed by atoms with E-state index in [1.54, 1.807) is 48.5 Å². The number of allylic oxidation sites excluding steroid dienone is 2. The van der Waals surface area contributed by atoms with E-state index in [4.69, 9.17) is 11.6 Å². The fourth-order valence-electron chi connectivity index (χ4n) is 2.13. The third-order valence-electron chi connectivity index (χ3n) is 3.06. The zero-order valence-electron chi connectivity index (χ0n) is 10.4. The Hall–Kier alpha value is -2.39. The lowest BCUT2D eigenvalue weighted by Crippen LogP contribution is -2.21. The summed E-state index contributed by atoms with van der Waals surface area (Å²) in [5, 5.41) is 3.51. The number of rotatable bonds is 2. The van der Waals surface area contributed by atoms with Crippen molar-refractivity contribution in [3.63, 3.8) is 0 Å². The van der Waals surface area contributed by atoms with Gasteiger partial charge in [-0.2, -0.15) is 0 Å². The average Bonchev–Trinajstić information content (AvgIpc) is 2.45. The Bertz CT molecular complexity index is 750. The van der Waals surface area contributed by atoms with Gasteiger partial charge in [-0.3, -0.25) is 9.59 Å². The minimum atomic E-state index is -0.194. The number of benzene rings is 2. The summed E-state index contributed by atoms with van der Waals surface area (Å²) in [5.74, 6) is -0.370. The van der Waals surface area contributed by atoms with Crippen LogP contribution in [0.5, 0.6) is 0 Å². The summed E-state index contributed by atoms with van der Waals surface area (Å²) in [6.45, 7) is 0. The lowest BCUT2D eigenvalue weighted by molar-refractivity contribution is 0.0985. The third-order valence-corrected chi connectivity index (χ3v) is 3.30. The lowest BCUT2D eigenvalue weighted by atomic mass is 9.92. The number of Topliss-reactive ketones (excluding diaryl/α,β-unsaturated/α-hetero) is 1. The summed E-state index contributed by atoms with van der Waals surface area (Å²) >= 11 is 5.90. The van der Waals surface area contributed by atoms with Gasteiger partial charge in [0.1, 0.15) is 0 Å². The molecule has 0 bridgehead atoms. The quantitative estimate of drug-likeness (QED) is 0.914. The van der Waals surface area contributed by atoms with Crippen molar-refractivity contribution < 1.29 is 9.59 Å². The molecule has 2 aromatic rings. The minimum absolute atomic E-state index is 0.176. The second kappa shape index (κ2) is 4.94.